The first-order chi connectivity index (χ1) is 9.50. The molecule has 7 heteroatoms. The van der Waals surface area contributed by atoms with Gasteiger partial charge in [-0.15, -0.1) is 0 Å². The van der Waals surface area contributed by atoms with Crippen LogP contribution in [0.3, 0.4) is 0 Å². The van der Waals surface area contributed by atoms with Gasteiger partial charge in [-0.1, -0.05) is 25.7 Å². The minimum Gasteiger partial charge on any atom is -0.330 e. The van der Waals surface area contributed by atoms with Gasteiger partial charge < -0.3 is 5.73 Å². The zero-order chi connectivity index (χ0) is 15.0. The minimum absolute atomic E-state index is 0.740. The van der Waals surface area contributed by atoms with Crippen LogP contribution in [0.1, 0.15) is 44.2 Å². The molecule has 0 amide bonds. The Labute approximate surface area is 122 Å². The maximum atomic E-state index is 12.1. The number of aryl methyl sites for hydroxylation is 1. The van der Waals surface area contributed by atoms with Gasteiger partial charge in [-0.05, 0) is 25.8 Å². The van der Waals surface area contributed by atoms with Crippen LogP contribution >= 0.6 is 0 Å². The highest BCUT2D eigenvalue weighted by molar-refractivity contribution is 7.87. The van der Waals surface area contributed by atoms with E-state index in [4.69, 9.17) is 5.73 Å². The number of hydrogen-bond acceptors (Lipinski definition) is 4. The fourth-order valence-electron chi connectivity index (χ4n) is 2.03. The first kappa shape index (κ1) is 17.1. The number of hydrogen-bond donors (Lipinski definition) is 1. The zero-order valence-corrected chi connectivity index (χ0v) is 13.3. The Morgan fingerprint density at radius 2 is 1.75 bits per heavy atom. The fraction of sp³-hybridized carbons (Fsp3) is 0.769. The van der Waals surface area contributed by atoms with Crippen molar-refractivity contribution >= 4 is 10.2 Å². The molecule has 0 saturated heterocycles. The summed E-state index contributed by atoms with van der Waals surface area (Å²) in [4.78, 5) is 3.95. The van der Waals surface area contributed by atoms with Crippen LogP contribution in [-0.2, 0) is 16.6 Å². The lowest BCUT2D eigenvalue weighted by atomic mass is 10.1. The van der Waals surface area contributed by atoms with Crippen molar-refractivity contribution in [3.8, 4) is 0 Å². The van der Waals surface area contributed by atoms with E-state index in [0.717, 1.165) is 37.9 Å². The Morgan fingerprint density at radius 3 is 2.35 bits per heavy atom. The smallest absolute Gasteiger partial charge is 0.308 e. The van der Waals surface area contributed by atoms with Gasteiger partial charge in [0.2, 0.25) is 0 Å². The van der Waals surface area contributed by atoms with Crippen molar-refractivity contribution in [1.82, 2.24) is 13.3 Å². The van der Waals surface area contributed by atoms with E-state index < -0.39 is 10.2 Å². The van der Waals surface area contributed by atoms with Gasteiger partial charge in [0.05, 0.1) is 5.69 Å². The van der Waals surface area contributed by atoms with Gasteiger partial charge in [-0.2, -0.15) is 12.7 Å². The fourth-order valence-corrected chi connectivity index (χ4v) is 2.99. The monoisotopic (exact) mass is 302 g/mol. The number of unbranched alkanes of at least 4 members (excludes halogenated alkanes) is 5. The number of nitrogens with zero attached hydrogens (tertiary/aromatic N) is 3. The molecule has 1 heterocycles. The standard InChI is InChI=1S/C13H26N4O2S/c1-16(2)20(18,19)17-12-15-11-13(17)9-7-5-3-4-6-8-10-14/h11-12H,3-10,14H2,1-2H3. The zero-order valence-electron chi connectivity index (χ0n) is 12.5. The molecule has 0 aliphatic heterocycles. The molecule has 0 aromatic carbocycles. The topological polar surface area (TPSA) is 81.2 Å². The average Bonchev–Trinajstić information content (AvgIpc) is 2.86. The second kappa shape index (κ2) is 8.39. The van der Waals surface area contributed by atoms with Gasteiger partial charge in [-0.3, -0.25) is 0 Å². The van der Waals surface area contributed by atoms with E-state index in [1.165, 1.54) is 48.0 Å². The van der Waals surface area contributed by atoms with Crippen molar-refractivity contribution < 1.29 is 8.42 Å². The lowest BCUT2D eigenvalue weighted by Crippen LogP contribution is -2.29. The molecule has 0 bridgehead atoms. The van der Waals surface area contributed by atoms with Crippen LogP contribution < -0.4 is 5.73 Å². The van der Waals surface area contributed by atoms with Gasteiger partial charge >= 0.3 is 10.2 Å². The summed E-state index contributed by atoms with van der Waals surface area (Å²) in [5.41, 5.74) is 6.20. The van der Waals surface area contributed by atoms with Gasteiger partial charge in [0, 0.05) is 20.3 Å². The number of imidazole rings is 1. The third kappa shape index (κ3) is 4.88. The van der Waals surface area contributed by atoms with Crippen molar-refractivity contribution in [2.75, 3.05) is 20.6 Å². The third-order valence-corrected chi connectivity index (χ3v) is 5.02. The molecule has 1 aromatic heterocycles. The molecule has 0 unspecified atom stereocenters. The average molecular weight is 302 g/mol. The second-order valence-electron chi connectivity index (χ2n) is 5.13. The Kier molecular flexibility index (Phi) is 7.18. The molecule has 0 saturated carbocycles. The van der Waals surface area contributed by atoms with E-state index in [2.05, 4.69) is 4.98 Å². The lowest BCUT2D eigenvalue weighted by Gasteiger charge is -2.14. The third-order valence-electron chi connectivity index (χ3n) is 3.28. The van der Waals surface area contributed by atoms with Gasteiger partial charge in [0.1, 0.15) is 6.33 Å². The van der Waals surface area contributed by atoms with E-state index in [-0.39, 0.29) is 0 Å². The van der Waals surface area contributed by atoms with Crippen molar-refractivity contribution in [1.29, 1.82) is 0 Å². The summed E-state index contributed by atoms with van der Waals surface area (Å²) >= 11 is 0. The highest BCUT2D eigenvalue weighted by Crippen LogP contribution is 2.12. The number of nitrogens with two attached hydrogens (primary N) is 1. The molecular weight excluding hydrogens is 276 g/mol. The van der Waals surface area contributed by atoms with Crippen molar-refractivity contribution in [3.05, 3.63) is 18.2 Å². The first-order valence-electron chi connectivity index (χ1n) is 7.14. The predicted octanol–water partition coefficient (Wildman–Crippen LogP) is 1.38. The highest BCUT2D eigenvalue weighted by Gasteiger charge is 2.18. The summed E-state index contributed by atoms with van der Waals surface area (Å²) in [6, 6.07) is 0. The Balaban J connectivity index is 2.41. The molecule has 116 valence electrons. The first-order valence-corrected chi connectivity index (χ1v) is 8.54. The Bertz CT molecular complexity index is 482. The molecule has 0 aliphatic rings. The predicted molar refractivity (Wildman–Crippen MR) is 80.7 cm³/mol. The molecule has 6 nitrogen and oxygen atoms in total. The summed E-state index contributed by atoms with van der Waals surface area (Å²) in [7, 11) is -0.397. The molecule has 1 rings (SSSR count). The highest BCUT2D eigenvalue weighted by atomic mass is 32.2. The molecule has 0 aliphatic carbocycles. The number of rotatable bonds is 10. The molecule has 0 atom stereocenters. The molecular formula is C13H26N4O2S. The Morgan fingerprint density at radius 1 is 1.15 bits per heavy atom. The van der Waals surface area contributed by atoms with Crippen LogP contribution in [0.2, 0.25) is 0 Å². The van der Waals surface area contributed by atoms with Crippen LogP contribution in [0.25, 0.3) is 0 Å². The lowest BCUT2D eigenvalue weighted by molar-refractivity contribution is 0.507. The van der Waals surface area contributed by atoms with Crippen LogP contribution in [0.15, 0.2) is 12.5 Å². The van der Waals surface area contributed by atoms with Crippen LogP contribution in [0.5, 0.6) is 0 Å². The van der Waals surface area contributed by atoms with E-state index >= 15 is 0 Å². The molecule has 2 N–H and O–H groups in total. The molecule has 0 fully saturated rings. The summed E-state index contributed by atoms with van der Waals surface area (Å²) < 4.78 is 26.6. The Hall–Kier alpha value is -0.920. The van der Waals surface area contributed by atoms with Crippen molar-refractivity contribution in [2.45, 2.75) is 44.9 Å². The summed E-state index contributed by atoms with van der Waals surface area (Å²) in [6.45, 7) is 0.765. The maximum absolute atomic E-state index is 12.1. The number of aromatic nitrogens is 2. The van der Waals surface area contributed by atoms with E-state index in [9.17, 15) is 8.42 Å². The maximum Gasteiger partial charge on any atom is 0.308 e. The molecule has 1 aromatic rings. The van der Waals surface area contributed by atoms with E-state index in [1.54, 1.807) is 6.20 Å². The quantitative estimate of drug-likeness (QED) is 0.662. The van der Waals surface area contributed by atoms with Crippen LogP contribution in [-0.4, -0.2) is 42.3 Å². The summed E-state index contributed by atoms with van der Waals surface area (Å²) in [6.07, 6.45) is 10.5. The van der Waals surface area contributed by atoms with Gasteiger partial charge in [0.15, 0.2) is 0 Å². The van der Waals surface area contributed by atoms with Gasteiger partial charge in [0.25, 0.3) is 0 Å². The van der Waals surface area contributed by atoms with Crippen molar-refractivity contribution in [2.24, 2.45) is 5.73 Å². The van der Waals surface area contributed by atoms with Crippen molar-refractivity contribution in [3.63, 3.8) is 0 Å². The SMILES string of the molecule is CN(C)S(=O)(=O)n1cncc1CCCCCCCCN. The van der Waals surface area contributed by atoms with Crippen LogP contribution in [0, 0.1) is 0 Å². The minimum atomic E-state index is -3.45. The normalized spacial score (nSPS) is 12.2. The second-order valence-corrected chi connectivity index (χ2v) is 7.15. The van der Waals surface area contributed by atoms with Gasteiger partial charge in [-0.25, -0.2) is 8.96 Å². The molecule has 20 heavy (non-hydrogen) atoms. The summed E-state index contributed by atoms with van der Waals surface area (Å²) in [5, 5.41) is 0. The molecule has 0 spiro atoms. The van der Waals surface area contributed by atoms with E-state index in [0.29, 0.717) is 0 Å². The summed E-state index contributed by atoms with van der Waals surface area (Å²) in [5.74, 6) is 0. The molecule has 0 radical (unpaired) electrons. The van der Waals surface area contributed by atoms with Crippen LogP contribution in [0.4, 0.5) is 0 Å². The largest absolute Gasteiger partial charge is 0.330 e. The van der Waals surface area contributed by atoms with E-state index in [1.807, 2.05) is 0 Å².